The molecule has 39 heavy (non-hydrogen) atoms. The number of hydrogen-bond acceptors (Lipinski definition) is 7. The van der Waals surface area contributed by atoms with Crippen LogP contribution >= 0.6 is 34.5 Å². The van der Waals surface area contributed by atoms with E-state index in [1.54, 1.807) is 17.5 Å². The molecule has 1 aromatic heterocycles. The van der Waals surface area contributed by atoms with Gasteiger partial charge in [0.1, 0.15) is 17.2 Å². The van der Waals surface area contributed by atoms with Crippen molar-refractivity contribution in [2.75, 3.05) is 6.54 Å². The van der Waals surface area contributed by atoms with Gasteiger partial charge in [0.25, 0.3) is 17.7 Å². The van der Waals surface area contributed by atoms with Gasteiger partial charge in [0.2, 0.25) is 0 Å². The number of fused-ring (bicyclic) bond motifs is 1. The highest BCUT2D eigenvalue weighted by molar-refractivity contribution is 7.12. The maximum Gasteiger partial charge on any atom is 0.353 e. The molecule has 1 aliphatic heterocycles. The zero-order chi connectivity index (χ0) is 27.7. The number of hydrazine groups is 1. The van der Waals surface area contributed by atoms with Crippen LogP contribution in [0.15, 0.2) is 60.0 Å². The molecule has 200 valence electrons. The molecule has 0 N–H and O–H groups in total. The first-order valence-corrected chi connectivity index (χ1v) is 13.9. The largest absolute Gasteiger partial charge is 0.422 e. The smallest absolute Gasteiger partial charge is 0.353 e. The molecule has 5 rings (SSSR count). The van der Waals surface area contributed by atoms with Crippen molar-refractivity contribution in [3.05, 3.63) is 86.0 Å². The van der Waals surface area contributed by atoms with Crippen molar-refractivity contribution in [3.8, 4) is 5.75 Å². The molecule has 2 aromatic carbocycles. The third-order valence-electron chi connectivity index (χ3n) is 6.86. The van der Waals surface area contributed by atoms with Gasteiger partial charge in [-0.15, -0.1) is 11.3 Å². The number of carbonyl (C=O) groups excluding carboxylic acids is 5. The normalized spacial score (nSPS) is 18.6. The Hall–Kier alpha value is -3.53. The molecule has 1 saturated heterocycles. The summed E-state index contributed by atoms with van der Waals surface area (Å²) >= 11 is 13.5. The number of imide groups is 1. The summed E-state index contributed by atoms with van der Waals surface area (Å²) in [5, 5.41) is 3.79. The number of esters is 1. The minimum atomic E-state index is -0.771. The number of thiophene rings is 1. The van der Waals surface area contributed by atoms with Gasteiger partial charge < -0.3 is 4.74 Å². The van der Waals surface area contributed by atoms with Crippen LogP contribution in [0.5, 0.6) is 5.75 Å². The van der Waals surface area contributed by atoms with E-state index in [9.17, 15) is 24.0 Å². The number of ether oxygens (including phenoxy) is 1. The van der Waals surface area contributed by atoms with Crippen LogP contribution in [0.3, 0.4) is 0 Å². The topological polar surface area (TPSA) is 101 Å². The van der Waals surface area contributed by atoms with Gasteiger partial charge in [-0.3, -0.25) is 19.2 Å². The Balaban J connectivity index is 1.40. The lowest BCUT2D eigenvalue weighted by molar-refractivity contribution is -0.154. The molecule has 2 aliphatic rings. The zero-order valence-electron chi connectivity index (χ0n) is 20.5. The van der Waals surface area contributed by atoms with Crippen molar-refractivity contribution in [1.82, 2.24) is 10.0 Å². The van der Waals surface area contributed by atoms with Crippen LogP contribution < -0.4 is 4.74 Å². The Labute approximate surface area is 238 Å². The van der Waals surface area contributed by atoms with Gasteiger partial charge in [-0.1, -0.05) is 42.1 Å². The highest BCUT2D eigenvalue weighted by Gasteiger charge is 2.52. The lowest BCUT2D eigenvalue weighted by Gasteiger charge is -2.30. The predicted molar refractivity (Wildman–Crippen MR) is 145 cm³/mol. The molecular formula is C28H22Cl2N2O6S. The predicted octanol–water partition coefficient (Wildman–Crippen LogP) is 5.69. The van der Waals surface area contributed by atoms with E-state index in [1.165, 1.54) is 53.8 Å². The van der Waals surface area contributed by atoms with E-state index in [4.69, 9.17) is 27.9 Å². The molecule has 2 heterocycles. The highest BCUT2D eigenvalue weighted by atomic mass is 35.5. The fourth-order valence-corrected chi connectivity index (χ4v) is 5.99. The van der Waals surface area contributed by atoms with Crippen LogP contribution in [-0.4, -0.2) is 46.0 Å². The van der Waals surface area contributed by atoms with Gasteiger partial charge in [-0.05, 0) is 66.8 Å². The van der Waals surface area contributed by atoms with Crippen LogP contribution in [0.4, 0.5) is 0 Å². The maximum atomic E-state index is 13.7. The lowest BCUT2D eigenvalue weighted by atomic mass is 9.81. The Kier molecular flexibility index (Phi) is 7.83. The SMILES string of the molecule is O=C(CN(C(=O)c1ccc(Cl)cc1Cl)N1C(=O)[C@H]2CCCC[C@@H]2C1=O)c1ccc(OC(=O)c2cccs2)cc1. The van der Waals surface area contributed by atoms with Crippen LogP contribution in [0, 0.1) is 11.8 Å². The van der Waals surface area contributed by atoms with Crippen LogP contribution in [0.25, 0.3) is 0 Å². The Morgan fingerprint density at radius 3 is 2.21 bits per heavy atom. The molecule has 0 spiro atoms. The molecule has 0 bridgehead atoms. The first kappa shape index (κ1) is 27.1. The summed E-state index contributed by atoms with van der Waals surface area (Å²) in [4.78, 5) is 66.3. The standard InChI is InChI=1S/C28H22Cl2N2O6S/c29-17-9-12-21(22(30)14-17)25(34)31(32-26(35)19-4-1-2-5-20(19)27(32)36)15-23(33)16-7-10-18(11-8-16)38-28(37)24-6-3-13-39-24/h3,6-14,19-20H,1-2,4-5,15H2/t19-,20-/m0/s1. The molecule has 1 saturated carbocycles. The second-order valence-electron chi connectivity index (χ2n) is 9.29. The van der Waals surface area contributed by atoms with Crippen molar-refractivity contribution in [2.24, 2.45) is 11.8 Å². The molecule has 3 amide bonds. The number of hydrogen-bond donors (Lipinski definition) is 0. The van der Waals surface area contributed by atoms with Crippen molar-refractivity contribution >= 4 is 64.0 Å². The fraction of sp³-hybridized carbons (Fsp3) is 0.250. The summed E-state index contributed by atoms with van der Waals surface area (Å²) in [6.07, 6.45) is 2.73. The molecule has 0 radical (unpaired) electrons. The number of nitrogens with zero attached hydrogens (tertiary/aromatic N) is 2. The van der Waals surface area contributed by atoms with E-state index in [1.807, 2.05) is 0 Å². The van der Waals surface area contributed by atoms with E-state index in [-0.39, 0.29) is 21.9 Å². The monoisotopic (exact) mass is 584 g/mol. The summed E-state index contributed by atoms with van der Waals surface area (Å²) in [5.41, 5.74) is 0.197. The van der Waals surface area contributed by atoms with E-state index in [2.05, 4.69) is 0 Å². The first-order valence-electron chi connectivity index (χ1n) is 12.3. The molecule has 11 heteroatoms. The van der Waals surface area contributed by atoms with Gasteiger partial charge in [0, 0.05) is 10.6 Å². The number of rotatable bonds is 7. The quantitative estimate of drug-likeness (QED) is 0.153. The molecule has 1 aliphatic carbocycles. The van der Waals surface area contributed by atoms with Gasteiger partial charge in [0.15, 0.2) is 5.78 Å². The number of benzene rings is 2. The van der Waals surface area contributed by atoms with E-state index in [0.29, 0.717) is 22.7 Å². The molecular weight excluding hydrogens is 563 g/mol. The zero-order valence-corrected chi connectivity index (χ0v) is 22.8. The number of amides is 3. The van der Waals surface area contributed by atoms with Crippen molar-refractivity contribution in [1.29, 1.82) is 0 Å². The lowest BCUT2D eigenvalue weighted by Crippen LogP contribution is -2.52. The van der Waals surface area contributed by atoms with Crippen molar-refractivity contribution < 1.29 is 28.7 Å². The van der Waals surface area contributed by atoms with E-state index < -0.39 is 47.9 Å². The van der Waals surface area contributed by atoms with Gasteiger partial charge >= 0.3 is 5.97 Å². The number of carbonyl (C=O) groups is 5. The highest BCUT2D eigenvalue weighted by Crippen LogP contribution is 2.39. The summed E-state index contributed by atoms with van der Waals surface area (Å²) in [6.45, 7) is -0.580. The first-order chi connectivity index (χ1) is 18.7. The molecule has 0 unspecified atom stereocenters. The summed E-state index contributed by atoms with van der Waals surface area (Å²) in [6, 6.07) is 13.4. The molecule has 3 aromatic rings. The minimum absolute atomic E-state index is 0.000163. The van der Waals surface area contributed by atoms with E-state index in [0.717, 1.165) is 22.9 Å². The fourth-order valence-electron chi connectivity index (χ4n) is 4.91. The average Bonchev–Trinajstić information content (AvgIpc) is 3.55. The Bertz CT molecular complexity index is 1430. The van der Waals surface area contributed by atoms with Crippen molar-refractivity contribution in [3.63, 3.8) is 0 Å². The molecule has 2 fully saturated rings. The number of ketones is 1. The van der Waals surface area contributed by atoms with Crippen LogP contribution in [0.1, 0.15) is 56.1 Å². The number of halogens is 2. The van der Waals surface area contributed by atoms with Gasteiger partial charge in [0.05, 0.1) is 22.4 Å². The van der Waals surface area contributed by atoms with Gasteiger partial charge in [-0.2, -0.15) is 5.01 Å². The summed E-state index contributed by atoms with van der Waals surface area (Å²) in [7, 11) is 0. The molecule has 2 atom stereocenters. The van der Waals surface area contributed by atoms with Crippen LogP contribution in [0.2, 0.25) is 10.0 Å². The van der Waals surface area contributed by atoms with Crippen LogP contribution in [-0.2, 0) is 9.59 Å². The second kappa shape index (κ2) is 11.3. The molecule has 8 nitrogen and oxygen atoms in total. The third-order valence-corrected chi connectivity index (χ3v) is 8.26. The number of Topliss-reactive ketones (excluding diaryl/α,β-unsaturated/α-hetero) is 1. The second-order valence-corrected chi connectivity index (χ2v) is 11.1. The summed E-state index contributed by atoms with van der Waals surface area (Å²) in [5.74, 6) is -3.61. The minimum Gasteiger partial charge on any atom is -0.422 e. The summed E-state index contributed by atoms with van der Waals surface area (Å²) < 4.78 is 5.33. The average molecular weight is 585 g/mol. The Morgan fingerprint density at radius 1 is 0.949 bits per heavy atom. The van der Waals surface area contributed by atoms with Gasteiger partial charge in [-0.25, -0.2) is 9.80 Å². The van der Waals surface area contributed by atoms with E-state index >= 15 is 0 Å². The van der Waals surface area contributed by atoms with Crippen molar-refractivity contribution in [2.45, 2.75) is 25.7 Å². The third kappa shape index (κ3) is 5.48. The maximum absolute atomic E-state index is 13.7. The Morgan fingerprint density at radius 2 is 1.62 bits per heavy atom.